The van der Waals surface area contributed by atoms with Gasteiger partial charge in [-0.25, -0.2) is 4.39 Å². The van der Waals surface area contributed by atoms with E-state index < -0.39 is 6.04 Å². The molecule has 0 amide bonds. The van der Waals surface area contributed by atoms with Gasteiger partial charge in [0, 0.05) is 20.2 Å². The van der Waals surface area contributed by atoms with Gasteiger partial charge < -0.3 is 5.32 Å². The molecule has 0 spiro atoms. The topological polar surface area (TPSA) is 35.8 Å². The Hall–Kier alpha value is -1.38. The summed E-state index contributed by atoms with van der Waals surface area (Å²) >= 11 is 6.65. The molecule has 0 saturated carbocycles. The van der Waals surface area contributed by atoms with Gasteiger partial charge in [-0.05, 0) is 30.3 Å². The third kappa shape index (κ3) is 3.55. The first kappa shape index (κ1) is 14.0. The Morgan fingerprint density at radius 2 is 1.95 bits per heavy atom. The normalized spacial score (nSPS) is 11.7. The molecule has 1 unspecified atom stereocenters. The standard InChI is InChI=1S/C14H9Br2FN2/c15-9-2-1-3-11(6-9)19-14(8-18)12-5-4-10(17)7-13(12)16/h1-7,14,19H. The molecule has 0 heterocycles. The second kappa shape index (κ2) is 6.18. The lowest BCUT2D eigenvalue weighted by Gasteiger charge is -2.15. The summed E-state index contributed by atoms with van der Waals surface area (Å²) in [5, 5.41) is 12.4. The number of halogens is 3. The summed E-state index contributed by atoms with van der Waals surface area (Å²) in [4.78, 5) is 0. The minimum absolute atomic E-state index is 0.338. The number of benzene rings is 2. The number of nitrogens with one attached hydrogen (secondary N) is 1. The first-order valence-electron chi connectivity index (χ1n) is 5.47. The molecule has 1 atom stereocenters. The summed E-state index contributed by atoms with van der Waals surface area (Å²) in [5.41, 5.74) is 1.51. The van der Waals surface area contributed by atoms with Crippen LogP contribution in [0.2, 0.25) is 0 Å². The van der Waals surface area contributed by atoms with Crippen LogP contribution in [0.25, 0.3) is 0 Å². The van der Waals surface area contributed by atoms with Gasteiger partial charge in [-0.3, -0.25) is 0 Å². The first-order chi connectivity index (χ1) is 9.10. The highest BCUT2D eigenvalue weighted by Gasteiger charge is 2.14. The van der Waals surface area contributed by atoms with E-state index in [1.54, 1.807) is 6.07 Å². The summed E-state index contributed by atoms with van der Waals surface area (Å²) < 4.78 is 14.5. The minimum atomic E-state index is -0.552. The highest BCUT2D eigenvalue weighted by atomic mass is 79.9. The predicted octanol–water partition coefficient (Wildman–Crippen LogP) is 5.03. The van der Waals surface area contributed by atoms with Crippen LogP contribution in [0.4, 0.5) is 10.1 Å². The van der Waals surface area contributed by atoms with Gasteiger partial charge in [0.15, 0.2) is 0 Å². The maximum absolute atomic E-state index is 13.1. The maximum Gasteiger partial charge on any atom is 0.141 e. The fourth-order valence-corrected chi connectivity index (χ4v) is 2.64. The van der Waals surface area contributed by atoms with Gasteiger partial charge in [-0.1, -0.05) is 44.0 Å². The number of nitriles is 1. The number of hydrogen-bond acceptors (Lipinski definition) is 2. The lowest BCUT2D eigenvalue weighted by molar-refractivity contribution is 0.625. The van der Waals surface area contributed by atoms with Gasteiger partial charge in [0.1, 0.15) is 11.9 Å². The molecule has 0 aliphatic heterocycles. The molecule has 2 aromatic rings. The zero-order chi connectivity index (χ0) is 13.8. The molecule has 0 fully saturated rings. The lowest BCUT2D eigenvalue weighted by atomic mass is 10.1. The Morgan fingerprint density at radius 1 is 1.16 bits per heavy atom. The molecule has 0 aromatic heterocycles. The van der Waals surface area contributed by atoms with Crippen molar-refractivity contribution in [3.05, 3.63) is 62.8 Å². The van der Waals surface area contributed by atoms with Crippen LogP contribution in [0, 0.1) is 17.1 Å². The molecule has 0 saturated heterocycles. The Kier molecular flexibility index (Phi) is 4.56. The van der Waals surface area contributed by atoms with E-state index in [9.17, 15) is 9.65 Å². The summed E-state index contributed by atoms with van der Waals surface area (Å²) in [7, 11) is 0. The molecule has 96 valence electrons. The van der Waals surface area contributed by atoms with Crippen LogP contribution in [0.3, 0.4) is 0 Å². The average Bonchev–Trinajstić information content (AvgIpc) is 2.37. The number of nitrogens with zero attached hydrogens (tertiary/aromatic N) is 1. The highest BCUT2D eigenvalue weighted by molar-refractivity contribution is 9.10. The summed E-state index contributed by atoms with van der Waals surface area (Å²) in [6.45, 7) is 0. The van der Waals surface area contributed by atoms with Crippen molar-refractivity contribution in [3.8, 4) is 6.07 Å². The van der Waals surface area contributed by atoms with E-state index in [1.807, 2.05) is 24.3 Å². The third-order valence-electron chi connectivity index (χ3n) is 2.54. The summed E-state index contributed by atoms with van der Waals surface area (Å²) in [6, 6.07) is 13.4. The zero-order valence-corrected chi connectivity index (χ0v) is 12.9. The van der Waals surface area contributed by atoms with Crippen LogP contribution in [0.5, 0.6) is 0 Å². The molecular formula is C14H9Br2FN2. The van der Waals surface area contributed by atoms with E-state index in [2.05, 4.69) is 43.2 Å². The van der Waals surface area contributed by atoms with Crippen molar-refractivity contribution in [1.29, 1.82) is 5.26 Å². The molecule has 2 aromatic carbocycles. The van der Waals surface area contributed by atoms with Crippen LogP contribution >= 0.6 is 31.9 Å². The Bertz CT molecular complexity index is 638. The average molecular weight is 384 g/mol. The summed E-state index contributed by atoms with van der Waals surface area (Å²) in [6.07, 6.45) is 0. The molecule has 2 nitrogen and oxygen atoms in total. The molecule has 0 radical (unpaired) electrons. The van der Waals surface area contributed by atoms with Crippen molar-refractivity contribution in [2.45, 2.75) is 6.04 Å². The second-order valence-corrected chi connectivity index (χ2v) is 5.65. The van der Waals surface area contributed by atoms with E-state index in [0.717, 1.165) is 10.2 Å². The fourth-order valence-electron chi connectivity index (χ4n) is 1.66. The van der Waals surface area contributed by atoms with Gasteiger partial charge in [0.05, 0.1) is 6.07 Å². The van der Waals surface area contributed by atoms with Gasteiger partial charge in [-0.15, -0.1) is 0 Å². The van der Waals surface area contributed by atoms with Crippen LogP contribution in [0.15, 0.2) is 51.4 Å². The number of hydrogen-bond donors (Lipinski definition) is 1. The smallest absolute Gasteiger partial charge is 0.141 e. The van der Waals surface area contributed by atoms with E-state index in [0.29, 0.717) is 10.0 Å². The van der Waals surface area contributed by atoms with Crippen molar-refractivity contribution >= 4 is 37.5 Å². The monoisotopic (exact) mass is 382 g/mol. The van der Waals surface area contributed by atoms with Crippen LogP contribution in [0.1, 0.15) is 11.6 Å². The SMILES string of the molecule is N#CC(Nc1cccc(Br)c1)c1ccc(F)cc1Br. The van der Waals surface area contributed by atoms with Crippen molar-refractivity contribution in [3.63, 3.8) is 0 Å². The minimum Gasteiger partial charge on any atom is -0.366 e. The van der Waals surface area contributed by atoms with Crippen LogP contribution < -0.4 is 5.32 Å². The molecular weight excluding hydrogens is 375 g/mol. The van der Waals surface area contributed by atoms with Crippen LogP contribution in [-0.2, 0) is 0 Å². The molecule has 2 rings (SSSR count). The van der Waals surface area contributed by atoms with E-state index >= 15 is 0 Å². The highest BCUT2D eigenvalue weighted by Crippen LogP contribution is 2.27. The Morgan fingerprint density at radius 3 is 2.58 bits per heavy atom. The van der Waals surface area contributed by atoms with Crippen molar-refractivity contribution in [2.24, 2.45) is 0 Å². The van der Waals surface area contributed by atoms with Gasteiger partial charge in [0.2, 0.25) is 0 Å². The molecule has 1 N–H and O–H groups in total. The Labute approximate surface area is 127 Å². The second-order valence-electron chi connectivity index (χ2n) is 3.88. The third-order valence-corrected chi connectivity index (χ3v) is 3.72. The van der Waals surface area contributed by atoms with Crippen LogP contribution in [-0.4, -0.2) is 0 Å². The van der Waals surface area contributed by atoms with E-state index in [4.69, 9.17) is 0 Å². The number of anilines is 1. The first-order valence-corrected chi connectivity index (χ1v) is 7.05. The molecule has 5 heteroatoms. The van der Waals surface area contributed by atoms with Crippen molar-refractivity contribution in [1.82, 2.24) is 0 Å². The predicted molar refractivity (Wildman–Crippen MR) is 80.2 cm³/mol. The van der Waals surface area contributed by atoms with Gasteiger partial charge in [0.25, 0.3) is 0 Å². The molecule has 0 bridgehead atoms. The lowest BCUT2D eigenvalue weighted by Crippen LogP contribution is -2.09. The fraction of sp³-hybridized carbons (Fsp3) is 0.0714. The van der Waals surface area contributed by atoms with Gasteiger partial charge >= 0.3 is 0 Å². The van der Waals surface area contributed by atoms with E-state index in [1.165, 1.54) is 12.1 Å². The van der Waals surface area contributed by atoms with Crippen molar-refractivity contribution in [2.75, 3.05) is 5.32 Å². The number of rotatable bonds is 3. The van der Waals surface area contributed by atoms with E-state index in [-0.39, 0.29) is 5.82 Å². The Balaban J connectivity index is 2.28. The largest absolute Gasteiger partial charge is 0.366 e. The quantitative estimate of drug-likeness (QED) is 0.806. The summed E-state index contributed by atoms with van der Waals surface area (Å²) in [5.74, 6) is -0.338. The maximum atomic E-state index is 13.1. The molecule has 19 heavy (non-hydrogen) atoms. The molecule has 0 aliphatic carbocycles. The van der Waals surface area contributed by atoms with Gasteiger partial charge in [-0.2, -0.15) is 5.26 Å². The van der Waals surface area contributed by atoms with Crippen molar-refractivity contribution < 1.29 is 4.39 Å². The molecule has 0 aliphatic rings. The zero-order valence-electron chi connectivity index (χ0n) is 9.70.